The molecule has 144 valence electrons. The highest BCUT2D eigenvalue weighted by Gasteiger charge is 2.33. The molecule has 0 aliphatic carbocycles. The number of rotatable bonds is 6. The second-order valence-corrected chi connectivity index (χ2v) is 6.34. The van der Waals surface area contributed by atoms with Gasteiger partial charge in [0.2, 0.25) is 0 Å². The Bertz CT molecular complexity index is 803. The first-order valence-electron chi connectivity index (χ1n) is 8.98. The predicted molar refractivity (Wildman–Crippen MR) is 101 cm³/mol. The number of benzene rings is 2. The molecule has 2 aromatic carbocycles. The van der Waals surface area contributed by atoms with Gasteiger partial charge in [-0.2, -0.15) is 0 Å². The molecule has 1 aliphatic rings. The van der Waals surface area contributed by atoms with Crippen molar-refractivity contribution in [3.8, 4) is 17.2 Å². The Balaban J connectivity index is 1.96. The second kappa shape index (κ2) is 8.31. The van der Waals surface area contributed by atoms with Gasteiger partial charge in [0, 0.05) is 5.56 Å². The van der Waals surface area contributed by atoms with E-state index in [1.54, 1.807) is 45.6 Å². The minimum atomic E-state index is -0.187. The third-order valence-corrected chi connectivity index (χ3v) is 4.75. The largest absolute Gasteiger partial charge is 0.497 e. The molecule has 0 fully saturated rings. The molecular weight excluding hydrogens is 346 g/mol. The van der Waals surface area contributed by atoms with Crippen LogP contribution >= 0.6 is 0 Å². The van der Waals surface area contributed by atoms with Crippen molar-refractivity contribution in [3.05, 3.63) is 53.1 Å². The summed E-state index contributed by atoms with van der Waals surface area (Å²) in [4.78, 5) is 18.9. The van der Waals surface area contributed by atoms with Gasteiger partial charge in [0.05, 0.1) is 27.4 Å². The molecule has 0 saturated carbocycles. The standard InChI is InChI=1S/C21H25NO5/c1-5-6-18-17-12-20(26-4)19(25-3)11-15(17)13-27-22(18)21(23)14-7-9-16(24-2)10-8-14/h7-12,18H,5-6,13H2,1-4H3. The average molecular weight is 371 g/mol. The summed E-state index contributed by atoms with van der Waals surface area (Å²) in [6, 6.07) is 10.7. The zero-order chi connectivity index (χ0) is 19.4. The molecule has 0 aromatic heterocycles. The lowest BCUT2D eigenvalue weighted by Crippen LogP contribution is -2.38. The summed E-state index contributed by atoms with van der Waals surface area (Å²) in [5.74, 6) is 1.84. The smallest absolute Gasteiger partial charge is 0.278 e. The van der Waals surface area contributed by atoms with Gasteiger partial charge in [-0.05, 0) is 53.9 Å². The number of hydroxylamine groups is 2. The molecule has 1 unspecified atom stereocenters. The quantitative estimate of drug-likeness (QED) is 0.764. The van der Waals surface area contributed by atoms with Crippen LogP contribution in [-0.2, 0) is 11.4 Å². The Morgan fingerprint density at radius 2 is 1.74 bits per heavy atom. The Labute approximate surface area is 159 Å². The third kappa shape index (κ3) is 3.71. The fourth-order valence-electron chi connectivity index (χ4n) is 3.33. The monoisotopic (exact) mass is 371 g/mol. The van der Waals surface area contributed by atoms with Crippen molar-refractivity contribution in [2.24, 2.45) is 0 Å². The molecule has 0 N–H and O–H groups in total. The van der Waals surface area contributed by atoms with E-state index in [1.165, 1.54) is 5.06 Å². The van der Waals surface area contributed by atoms with Crippen LogP contribution in [0.2, 0.25) is 0 Å². The number of nitrogens with zero attached hydrogens (tertiary/aromatic N) is 1. The van der Waals surface area contributed by atoms with Crippen LogP contribution in [0.25, 0.3) is 0 Å². The molecule has 2 aromatic rings. The van der Waals surface area contributed by atoms with Crippen molar-refractivity contribution >= 4 is 5.91 Å². The molecule has 0 radical (unpaired) electrons. The van der Waals surface area contributed by atoms with Crippen molar-refractivity contribution in [1.29, 1.82) is 0 Å². The van der Waals surface area contributed by atoms with E-state index in [0.29, 0.717) is 29.4 Å². The highest BCUT2D eigenvalue weighted by atomic mass is 16.7. The number of hydrogen-bond donors (Lipinski definition) is 0. The number of hydrogen-bond acceptors (Lipinski definition) is 5. The van der Waals surface area contributed by atoms with Crippen LogP contribution in [0.4, 0.5) is 0 Å². The van der Waals surface area contributed by atoms with Gasteiger partial charge in [-0.1, -0.05) is 13.3 Å². The molecule has 0 saturated heterocycles. The number of methoxy groups -OCH3 is 3. The van der Waals surface area contributed by atoms with Crippen LogP contribution in [-0.4, -0.2) is 32.3 Å². The van der Waals surface area contributed by atoms with Crippen molar-refractivity contribution < 1.29 is 23.8 Å². The van der Waals surface area contributed by atoms with Gasteiger partial charge in [-0.3, -0.25) is 9.63 Å². The highest BCUT2D eigenvalue weighted by molar-refractivity contribution is 5.94. The maximum Gasteiger partial charge on any atom is 0.278 e. The van der Waals surface area contributed by atoms with Gasteiger partial charge in [0.25, 0.3) is 5.91 Å². The summed E-state index contributed by atoms with van der Waals surface area (Å²) in [5.41, 5.74) is 2.59. The van der Waals surface area contributed by atoms with E-state index in [9.17, 15) is 4.79 Å². The molecule has 0 spiro atoms. The molecule has 1 heterocycles. The average Bonchev–Trinajstić information content (AvgIpc) is 2.72. The van der Waals surface area contributed by atoms with Gasteiger partial charge < -0.3 is 14.2 Å². The van der Waals surface area contributed by atoms with E-state index in [4.69, 9.17) is 19.0 Å². The normalized spacial score (nSPS) is 15.9. The van der Waals surface area contributed by atoms with Crippen LogP contribution in [0.15, 0.2) is 36.4 Å². The third-order valence-electron chi connectivity index (χ3n) is 4.75. The predicted octanol–water partition coefficient (Wildman–Crippen LogP) is 4.14. The maximum absolute atomic E-state index is 13.1. The number of ether oxygens (including phenoxy) is 3. The number of amides is 1. The lowest BCUT2D eigenvalue weighted by molar-refractivity contribution is -0.173. The van der Waals surface area contributed by atoms with Crippen LogP contribution in [0.5, 0.6) is 17.2 Å². The number of fused-ring (bicyclic) bond motifs is 1. The molecule has 1 amide bonds. The highest BCUT2D eigenvalue weighted by Crippen LogP contribution is 2.40. The summed E-state index contributed by atoms with van der Waals surface area (Å²) in [5, 5.41) is 1.49. The van der Waals surface area contributed by atoms with E-state index in [-0.39, 0.29) is 11.9 Å². The van der Waals surface area contributed by atoms with Gasteiger partial charge in [0.15, 0.2) is 11.5 Å². The van der Waals surface area contributed by atoms with E-state index in [0.717, 1.165) is 24.0 Å². The molecular formula is C21H25NO5. The molecule has 0 bridgehead atoms. The first-order chi connectivity index (χ1) is 13.1. The van der Waals surface area contributed by atoms with Gasteiger partial charge in [-0.25, -0.2) is 5.06 Å². The second-order valence-electron chi connectivity index (χ2n) is 6.34. The summed E-state index contributed by atoms with van der Waals surface area (Å²) < 4.78 is 16.0. The molecule has 27 heavy (non-hydrogen) atoms. The number of carbonyl (C=O) groups excluding carboxylic acids is 1. The molecule has 1 atom stereocenters. The van der Waals surface area contributed by atoms with Crippen molar-refractivity contribution in [2.45, 2.75) is 32.4 Å². The Morgan fingerprint density at radius 1 is 1.07 bits per heavy atom. The Kier molecular flexibility index (Phi) is 5.86. The number of carbonyl (C=O) groups is 1. The summed E-state index contributed by atoms with van der Waals surface area (Å²) in [7, 11) is 4.82. The first-order valence-corrected chi connectivity index (χ1v) is 8.98. The van der Waals surface area contributed by atoms with Crippen LogP contribution in [0.1, 0.15) is 47.3 Å². The van der Waals surface area contributed by atoms with Crippen molar-refractivity contribution in [2.75, 3.05) is 21.3 Å². The van der Waals surface area contributed by atoms with E-state index < -0.39 is 0 Å². The molecule has 6 heteroatoms. The fourth-order valence-corrected chi connectivity index (χ4v) is 3.33. The zero-order valence-electron chi connectivity index (χ0n) is 16.2. The minimum Gasteiger partial charge on any atom is -0.497 e. The summed E-state index contributed by atoms with van der Waals surface area (Å²) in [6.07, 6.45) is 1.69. The van der Waals surface area contributed by atoms with Gasteiger partial charge >= 0.3 is 0 Å². The Hall–Kier alpha value is -2.73. The lowest BCUT2D eigenvalue weighted by atomic mass is 9.94. The van der Waals surface area contributed by atoms with Crippen LogP contribution < -0.4 is 14.2 Å². The van der Waals surface area contributed by atoms with Crippen molar-refractivity contribution in [1.82, 2.24) is 5.06 Å². The van der Waals surface area contributed by atoms with E-state index in [1.807, 2.05) is 12.1 Å². The Morgan fingerprint density at radius 3 is 2.33 bits per heavy atom. The van der Waals surface area contributed by atoms with Crippen LogP contribution in [0.3, 0.4) is 0 Å². The van der Waals surface area contributed by atoms with Gasteiger partial charge in [-0.15, -0.1) is 0 Å². The van der Waals surface area contributed by atoms with E-state index >= 15 is 0 Å². The zero-order valence-corrected chi connectivity index (χ0v) is 16.2. The minimum absolute atomic E-state index is 0.170. The SMILES string of the molecule is CCCC1c2cc(OC)c(OC)cc2CON1C(=O)c1ccc(OC)cc1. The van der Waals surface area contributed by atoms with E-state index in [2.05, 4.69) is 6.92 Å². The lowest BCUT2D eigenvalue weighted by Gasteiger charge is -2.36. The fraction of sp³-hybridized carbons (Fsp3) is 0.381. The summed E-state index contributed by atoms with van der Waals surface area (Å²) >= 11 is 0. The van der Waals surface area contributed by atoms with Gasteiger partial charge in [0.1, 0.15) is 12.4 Å². The van der Waals surface area contributed by atoms with Crippen molar-refractivity contribution in [3.63, 3.8) is 0 Å². The molecule has 3 rings (SSSR count). The molecule has 1 aliphatic heterocycles. The summed E-state index contributed by atoms with van der Waals surface area (Å²) in [6.45, 7) is 2.39. The first kappa shape index (κ1) is 19.0. The van der Waals surface area contributed by atoms with Crippen LogP contribution in [0, 0.1) is 0 Å². The molecule has 6 nitrogen and oxygen atoms in total. The maximum atomic E-state index is 13.1. The topological polar surface area (TPSA) is 57.2 Å².